The van der Waals surface area contributed by atoms with Gasteiger partial charge in [-0.3, -0.25) is 9.69 Å². The fraction of sp³-hybridized carbons (Fsp3) is 0.333. The molecule has 4 heterocycles. The second-order valence-corrected chi connectivity index (χ2v) is 8.89. The highest BCUT2D eigenvalue weighted by Crippen LogP contribution is 2.31. The predicted octanol–water partition coefficient (Wildman–Crippen LogP) is 3.36. The summed E-state index contributed by atoms with van der Waals surface area (Å²) in [7, 11) is 0. The zero-order valence-corrected chi connectivity index (χ0v) is 17.5. The molecule has 0 spiro atoms. The van der Waals surface area contributed by atoms with Gasteiger partial charge in [-0.1, -0.05) is 18.2 Å². The molecule has 1 fully saturated rings. The maximum absolute atomic E-state index is 12.9. The summed E-state index contributed by atoms with van der Waals surface area (Å²) in [6.07, 6.45) is -0.566. The van der Waals surface area contributed by atoms with Crippen LogP contribution < -0.4 is 9.47 Å². The number of benzene rings is 1. The molecule has 0 N–H and O–H groups in total. The van der Waals surface area contributed by atoms with Crippen molar-refractivity contribution in [1.29, 1.82) is 0 Å². The molecule has 6 nitrogen and oxygen atoms in total. The maximum atomic E-state index is 12.9. The molecule has 0 saturated carbocycles. The van der Waals surface area contributed by atoms with E-state index in [1.807, 2.05) is 29.2 Å². The van der Waals surface area contributed by atoms with Crippen molar-refractivity contribution in [2.45, 2.75) is 12.6 Å². The molecule has 5 rings (SSSR count). The van der Waals surface area contributed by atoms with Crippen LogP contribution in [-0.4, -0.2) is 59.6 Å². The van der Waals surface area contributed by atoms with Crippen LogP contribution in [0, 0.1) is 0 Å². The Bertz CT molecular complexity index is 981. The van der Waals surface area contributed by atoms with Crippen LogP contribution in [0.4, 0.5) is 0 Å². The number of rotatable bonds is 4. The van der Waals surface area contributed by atoms with Crippen LogP contribution in [0.3, 0.4) is 0 Å². The number of aromatic nitrogens is 1. The number of carbonyl (C=O) groups is 1. The highest BCUT2D eigenvalue weighted by atomic mass is 32.1. The molecule has 3 aromatic rings. The Labute approximate surface area is 177 Å². The molecule has 1 amide bonds. The second kappa shape index (κ2) is 8.14. The number of para-hydroxylation sites is 2. The zero-order valence-electron chi connectivity index (χ0n) is 15.8. The van der Waals surface area contributed by atoms with Gasteiger partial charge in [0.15, 0.2) is 11.5 Å². The van der Waals surface area contributed by atoms with E-state index in [-0.39, 0.29) is 12.5 Å². The molecule has 1 atom stereocenters. The Hall–Kier alpha value is -2.42. The summed E-state index contributed by atoms with van der Waals surface area (Å²) >= 11 is 3.41. The van der Waals surface area contributed by atoms with Crippen molar-refractivity contribution < 1.29 is 14.3 Å². The predicted molar refractivity (Wildman–Crippen MR) is 114 cm³/mol. The van der Waals surface area contributed by atoms with Crippen LogP contribution in [0.1, 0.15) is 5.69 Å². The Kier molecular flexibility index (Phi) is 5.22. The van der Waals surface area contributed by atoms with E-state index < -0.39 is 6.10 Å². The van der Waals surface area contributed by atoms with Gasteiger partial charge in [0.1, 0.15) is 11.6 Å². The van der Waals surface area contributed by atoms with Crippen molar-refractivity contribution in [3.05, 3.63) is 52.9 Å². The van der Waals surface area contributed by atoms with Gasteiger partial charge >= 0.3 is 0 Å². The van der Waals surface area contributed by atoms with Crippen molar-refractivity contribution in [3.8, 4) is 21.4 Å². The third-order valence-corrected chi connectivity index (χ3v) is 7.07. The summed E-state index contributed by atoms with van der Waals surface area (Å²) in [6, 6.07) is 11.6. The lowest BCUT2D eigenvalue weighted by atomic mass is 10.2. The number of hydrogen-bond donors (Lipinski definition) is 0. The highest BCUT2D eigenvalue weighted by molar-refractivity contribution is 7.20. The first-order valence-corrected chi connectivity index (χ1v) is 11.4. The molecule has 29 heavy (non-hydrogen) atoms. The largest absolute Gasteiger partial charge is 0.485 e. The number of fused-ring (bicyclic) bond motifs is 1. The van der Waals surface area contributed by atoms with Gasteiger partial charge in [-0.05, 0) is 23.6 Å². The Morgan fingerprint density at radius 3 is 2.69 bits per heavy atom. The first-order chi connectivity index (χ1) is 14.3. The SMILES string of the molecule is O=C([C@@H]1COc2ccccc2O1)N1CCN(Cc2csc(-c3cccs3)n2)CC1. The van der Waals surface area contributed by atoms with Gasteiger partial charge < -0.3 is 14.4 Å². The third-order valence-electron chi connectivity index (χ3n) is 5.14. The standard InChI is InChI=1S/C21H21N3O3S2/c25-21(18-13-26-16-4-1-2-5-17(16)27-18)24-9-7-23(8-10-24)12-15-14-29-20(22-15)19-6-3-11-28-19/h1-6,11,14,18H,7-10,12-13H2/t18-/m0/s1. The number of nitrogens with zero attached hydrogens (tertiary/aromatic N) is 3. The normalized spacial score (nSPS) is 19.3. The van der Waals surface area contributed by atoms with Crippen molar-refractivity contribution in [3.63, 3.8) is 0 Å². The van der Waals surface area contributed by atoms with E-state index in [4.69, 9.17) is 14.5 Å². The first-order valence-electron chi connectivity index (χ1n) is 9.64. The number of hydrogen-bond acceptors (Lipinski definition) is 7. The van der Waals surface area contributed by atoms with Crippen LogP contribution in [-0.2, 0) is 11.3 Å². The summed E-state index contributed by atoms with van der Waals surface area (Å²) in [5.74, 6) is 1.35. The van der Waals surface area contributed by atoms with E-state index in [0.29, 0.717) is 24.6 Å². The molecular formula is C21H21N3O3S2. The fourth-order valence-corrected chi connectivity index (χ4v) is 5.22. The van der Waals surface area contributed by atoms with Gasteiger partial charge in [0.25, 0.3) is 5.91 Å². The molecular weight excluding hydrogens is 406 g/mol. The molecule has 8 heteroatoms. The molecule has 0 bridgehead atoms. The fourth-order valence-electron chi connectivity index (χ4n) is 3.59. The number of ether oxygens (including phenoxy) is 2. The van der Waals surface area contributed by atoms with Gasteiger partial charge in [-0.2, -0.15) is 0 Å². The Morgan fingerprint density at radius 2 is 1.90 bits per heavy atom. The van der Waals surface area contributed by atoms with Crippen LogP contribution in [0.2, 0.25) is 0 Å². The summed E-state index contributed by atoms with van der Waals surface area (Å²) in [6.45, 7) is 4.15. The van der Waals surface area contributed by atoms with E-state index in [9.17, 15) is 4.79 Å². The number of thiazole rings is 1. The summed E-state index contributed by atoms with van der Waals surface area (Å²) in [4.78, 5) is 23.1. The van der Waals surface area contributed by atoms with Crippen LogP contribution in [0.25, 0.3) is 9.88 Å². The van der Waals surface area contributed by atoms with Crippen LogP contribution in [0.15, 0.2) is 47.2 Å². The first kappa shape index (κ1) is 18.6. The van der Waals surface area contributed by atoms with Crippen molar-refractivity contribution in [2.75, 3.05) is 32.8 Å². The van der Waals surface area contributed by atoms with Crippen molar-refractivity contribution in [2.24, 2.45) is 0 Å². The van der Waals surface area contributed by atoms with E-state index in [0.717, 1.165) is 30.3 Å². The molecule has 2 aliphatic heterocycles. The maximum Gasteiger partial charge on any atom is 0.267 e. The zero-order chi connectivity index (χ0) is 19.6. The molecule has 1 aromatic carbocycles. The van der Waals surface area contributed by atoms with Gasteiger partial charge in [0.05, 0.1) is 10.6 Å². The topological polar surface area (TPSA) is 54.9 Å². The molecule has 2 aromatic heterocycles. The minimum atomic E-state index is -0.566. The number of carbonyl (C=O) groups excluding carboxylic acids is 1. The van der Waals surface area contributed by atoms with E-state index in [1.54, 1.807) is 22.7 Å². The summed E-state index contributed by atoms with van der Waals surface area (Å²) in [5.41, 5.74) is 1.10. The lowest BCUT2D eigenvalue weighted by Gasteiger charge is -2.36. The van der Waals surface area contributed by atoms with Gasteiger partial charge in [0, 0.05) is 38.1 Å². The average Bonchev–Trinajstić information content (AvgIpc) is 3.45. The van der Waals surface area contributed by atoms with Crippen molar-refractivity contribution >= 4 is 28.6 Å². The monoisotopic (exact) mass is 427 g/mol. The molecule has 150 valence electrons. The van der Waals surface area contributed by atoms with E-state index >= 15 is 0 Å². The van der Waals surface area contributed by atoms with Gasteiger partial charge in [-0.25, -0.2) is 4.98 Å². The minimum absolute atomic E-state index is 0.00722. The Balaban J connectivity index is 1.14. The molecule has 0 unspecified atom stereocenters. The highest BCUT2D eigenvalue weighted by Gasteiger charge is 2.32. The lowest BCUT2D eigenvalue weighted by Crippen LogP contribution is -2.53. The smallest absolute Gasteiger partial charge is 0.267 e. The van der Waals surface area contributed by atoms with Gasteiger partial charge in [0.2, 0.25) is 6.10 Å². The summed E-state index contributed by atoms with van der Waals surface area (Å²) < 4.78 is 11.6. The van der Waals surface area contributed by atoms with Crippen LogP contribution in [0.5, 0.6) is 11.5 Å². The quantitative estimate of drug-likeness (QED) is 0.639. The van der Waals surface area contributed by atoms with E-state index in [1.165, 1.54) is 4.88 Å². The molecule has 1 saturated heterocycles. The number of piperazine rings is 1. The second-order valence-electron chi connectivity index (χ2n) is 7.09. The minimum Gasteiger partial charge on any atom is -0.485 e. The Morgan fingerprint density at radius 1 is 1.07 bits per heavy atom. The third kappa shape index (κ3) is 4.01. The molecule has 0 aliphatic carbocycles. The van der Waals surface area contributed by atoms with Crippen LogP contribution >= 0.6 is 22.7 Å². The summed E-state index contributed by atoms with van der Waals surface area (Å²) in [5, 5.41) is 5.29. The van der Waals surface area contributed by atoms with Gasteiger partial charge in [-0.15, -0.1) is 22.7 Å². The number of amides is 1. The van der Waals surface area contributed by atoms with E-state index in [2.05, 4.69) is 27.8 Å². The van der Waals surface area contributed by atoms with Crippen molar-refractivity contribution in [1.82, 2.24) is 14.8 Å². The number of thiophene rings is 1. The molecule has 2 aliphatic rings. The average molecular weight is 428 g/mol. The lowest BCUT2D eigenvalue weighted by molar-refractivity contribution is -0.143. The molecule has 0 radical (unpaired) electrons.